The van der Waals surface area contributed by atoms with Crippen molar-refractivity contribution >= 4 is 5.97 Å². The second-order valence-electron chi connectivity index (χ2n) is 4.84. The summed E-state index contributed by atoms with van der Waals surface area (Å²) in [5, 5.41) is 13.3. The van der Waals surface area contributed by atoms with Gasteiger partial charge in [0.1, 0.15) is 5.56 Å². The van der Waals surface area contributed by atoms with Crippen molar-refractivity contribution < 1.29 is 9.90 Å². The molecule has 1 fully saturated rings. The third-order valence-corrected chi connectivity index (χ3v) is 3.43. The second-order valence-corrected chi connectivity index (χ2v) is 4.84. The zero-order chi connectivity index (χ0) is 11.7. The predicted octanol–water partition coefficient (Wildman–Crippen LogP) is 2.64. The molecule has 1 aromatic heterocycles. The van der Waals surface area contributed by atoms with Crippen molar-refractivity contribution in [1.82, 2.24) is 9.78 Å². The van der Waals surface area contributed by atoms with Gasteiger partial charge in [-0.1, -0.05) is 19.8 Å². The molecular formula is C12H18N2O2. The van der Waals surface area contributed by atoms with Crippen molar-refractivity contribution in [2.24, 2.45) is 5.92 Å². The number of aromatic carboxylic acids is 1. The SMILES string of the molecule is Cc1nn(C2CCCC(C)C2)cc1C(=O)O. The summed E-state index contributed by atoms with van der Waals surface area (Å²) < 4.78 is 1.86. The molecule has 0 bridgehead atoms. The topological polar surface area (TPSA) is 55.1 Å². The number of carbonyl (C=O) groups is 1. The average molecular weight is 222 g/mol. The third-order valence-electron chi connectivity index (χ3n) is 3.43. The molecule has 4 heteroatoms. The number of hydrogen-bond donors (Lipinski definition) is 1. The Balaban J connectivity index is 2.20. The molecule has 1 heterocycles. The maximum atomic E-state index is 10.9. The van der Waals surface area contributed by atoms with E-state index >= 15 is 0 Å². The van der Waals surface area contributed by atoms with E-state index in [0.29, 0.717) is 17.3 Å². The first-order chi connectivity index (χ1) is 7.58. The summed E-state index contributed by atoms with van der Waals surface area (Å²) in [6, 6.07) is 0.385. The number of hydrogen-bond acceptors (Lipinski definition) is 2. The zero-order valence-electron chi connectivity index (χ0n) is 9.81. The molecule has 1 aliphatic carbocycles. The van der Waals surface area contributed by atoms with Gasteiger partial charge in [-0.3, -0.25) is 4.68 Å². The highest BCUT2D eigenvalue weighted by Crippen LogP contribution is 2.32. The fraction of sp³-hybridized carbons (Fsp3) is 0.667. The number of nitrogens with zero attached hydrogens (tertiary/aromatic N) is 2. The molecule has 0 saturated heterocycles. The molecule has 1 aromatic rings. The number of rotatable bonds is 2. The van der Waals surface area contributed by atoms with Gasteiger partial charge in [0.2, 0.25) is 0 Å². The Morgan fingerprint density at radius 1 is 1.56 bits per heavy atom. The first kappa shape index (κ1) is 11.2. The fourth-order valence-electron chi connectivity index (χ4n) is 2.52. The standard InChI is InChI=1S/C12H18N2O2/c1-8-4-3-5-10(6-8)14-7-11(12(15)16)9(2)13-14/h7-8,10H,3-6H2,1-2H3,(H,15,16). The zero-order valence-corrected chi connectivity index (χ0v) is 9.81. The van der Waals surface area contributed by atoms with Gasteiger partial charge in [-0.25, -0.2) is 4.79 Å². The van der Waals surface area contributed by atoms with Gasteiger partial charge in [-0.15, -0.1) is 0 Å². The van der Waals surface area contributed by atoms with Crippen LogP contribution in [0.4, 0.5) is 0 Å². The first-order valence-corrected chi connectivity index (χ1v) is 5.87. The Labute approximate surface area is 95.3 Å². The van der Waals surface area contributed by atoms with Crippen LogP contribution in [0, 0.1) is 12.8 Å². The van der Waals surface area contributed by atoms with E-state index < -0.39 is 5.97 Å². The Kier molecular flexibility index (Phi) is 2.99. The predicted molar refractivity (Wildman–Crippen MR) is 60.6 cm³/mol. The largest absolute Gasteiger partial charge is 0.478 e. The van der Waals surface area contributed by atoms with Gasteiger partial charge in [0, 0.05) is 6.20 Å². The van der Waals surface area contributed by atoms with Crippen molar-refractivity contribution in [3.63, 3.8) is 0 Å². The van der Waals surface area contributed by atoms with Crippen LogP contribution >= 0.6 is 0 Å². The van der Waals surface area contributed by atoms with Gasteiger partial charge in [-0.05, 0) is 25.7 Å². The molecule has 2 atom stereocenters. The van der Waals surface area contributed by atoms with E-state index in [2.05, 4.69) is 12.0 Å². The third kappa shape index (κ3) is 2.10. The van der Waals surface area contributed by atoms with E-state index in [0.717, 1.165) is 18.8 Å². The number of carboxylic acids is 1. The maximum Gasteiger partial charge on any atom is 0.339 e. The number of aryl methyl sites for hydroxylation is 1. The van der Waals surface area contributed by atoms with Crippen LogP contribution in [0.15, 0.2) is 6.20 Å². The van der Waals surface area contributed by atoms with Gasteiger partial charge in [0.15, 0.2) is 0 Å². The first-order valence-electron chi connectivity index (χ1n) is 5.87. The molecule has 1 saturated carbocycles. The highest BCUT2D eigenvalue weighted by Gasteiger charge is 2.22. The summed E-state index contributed by atoms with van der Waals surface area (Å²) in [5.41, 5.74) is 0.948. The molecule has 88 valence electrons. The lowest BCUT2D eigenvalue weighted by atomic mass is 9.87. The van der Waals surface area contributed by atoms with Gasteiger partial charge in [0.05, 0.1) is 11.7 Å². The van der Waals surface area contributed by atoms with Crippen LogP contribution in [0.3, 0.4) is 0 Å². The Morgan fingerprint density at radius 2 is 2.31 bits per heavy atom. The summed E-state index contributed by atoms with van der Waals surface area (Å²) in [6.45, 7) is 4.01. The summed E-state index contributed by atoms with van der Waals surface area (Å²) in [6.07, 6.45) is 6.40. The van der Waals surface area contributed by atoms with Crippen LogP contribution in [0.2, 0.25) is 0 Å². The van der Waals surface area contributed by atoms with Crippen molar-refractivity contribution in [1.29, 1.82) is 0 Å². The smallest absolute Gasteiger partial charge is 0.339 e. The lowest BCUT2D eigenvalue weighted by Gasteiger charge is -2.26. The summed E-state index contributed by atoms with van der Waals surface area (Å²) in [4.78, 5) is 10.9. The Hall–Kier alpha value is -1.32. The van der Waals surface area contributed by atoms with Gasteiger partial charge < -0.3 is 5.11 Å². The number of carboxylic acid groups (broad SMARTS) is 1. The number of aromatic nitrogens is 2. The Bertz CT molecular complexity index is 398. The molecule has 16 heavy (non-hydrogen) atoms. The van der Waals surface area contributed by atoms with E-state index in [1.54, 1.807) is 13.1 Å². The van der Waals surface area contributed by atoms with Gasteiger partial charge in [-0.2, -0.15) is 5.10 Å². The fourth-order valence-corrected chi connectivity index (χ4v) is 2.52. The normalized spacial score (nSPS) is 25.6. The van der Waals surface area contributed by atoms with Crippen molar-refractivity contribution in [2.75, 3.05) is 0 Å². The summed E-state index contributed by atoms with van der Waals surface area (Å²) >= 11 is 0. The van der Waals surface area contributed by atoms with Gasteiger partial charge >= 0.3 is 5.97 Å². The monoisotopic (exact) mass is 222 g/mol. The van der Waals surface area contributed by atoms with Crippen LogP contribution in [0.25, 0.3) is 0 Å². The summed E-state index contributed by atoms with van der Waals surface area (Å²) in [7, 11) is 0. The van der Waals surface area contributed by atoms with Crippen molar-refractivity contribution in [3.05, 3.63) is 17.5 Å². The molecular weight excluding hydrogens is 204 g/mol. The minimum atomic E-state index is -0.882. The van der Waals surface area contributed by atoms with E-state index in [9.17, 15) is 4.79 Å². The molecule has 2 rings (SSSR count). The molecule has 1 N–H and O–H groups in total. The van der Waals surface area contributed by atoms with E-state index in [4.69, 9.17) is 5.11 Å². The molecule has 0 spiro atoms. The highest BCUT2D eigenvalue weighted by molar-refractivity contribution is 5.88. The van der Waals surface area contributed by atoms with E-state index in [1.807, 2.05) is 4.68 Å². The molecule has 4 nitrogen and oxygen atoms in total. The van der Waals surface area contributed by atoms with Crippen LogP contribution in [-0.2, 0) is 0 Å². The average Bonchev–Trinajstić information content (AvgIpc) is 2.60. The minimum absolute atomic E-state index is 0.332. The van der Waals surface area contributed by atoms with Crippen LogP contribution in [0.5, 0.6) is 0 Å². The molecule has 0 aromatic carbocycles. The van der Waals surface area contributed by atoms with Gasteiger partial charge in [0.25, 0.3) is 0 Å². The second kappa shape index (κ2) is 4.28. The van der Waals surface area contributed by atoms with E-state index in [1.165, 1.54) is 12.8 Å². The maximum absolute atomic E-state index is 10.9. The molecule has 0 amide bonds. The van der Waals surface area contributed by atoms with Crippen LogP contribution in [0.1, 0.15) is 54.7 Å². The molecule has 1 aliphatic rings. The molecule has 2 unspecified atom stereocenters. The lowest BCUT2D eigenvalue weighted by molar-refractivity contribution is 0.0696. The van der Waals surface area contributed by atoms with Crippen LogP contribution in [-0.4, -0.2) is 20.9 Å². The molecule has 0 radical (unpaired) electrons. The minimum Gasteiger partial charge on any atom is -0.478 e. The van der Waals surface area contributed by atoms with E-state index in [-0.39, 0.29) is 0 Å². The van der Waals surface area contributed by atoms with Crippen molar-refractivity contribution in [3.8, 4) is 0 Å². The molecule has 0 aliphatic heterocycles. The quantitative estimate of drug-likeness (QED) is 0.836. The highest BCUT2D eigenvalue weighted by atomic mass is 16.4. The van der Waals surface area contributed by atoms with Crippen LogP contribution < -0.4 is 0 Å². The lowest BCUT2D eigenvalue weighted by Crippen LogP contribution is -2.18. The Morgan fingerprint density at radius 3 is 2.88 bits per heavy atom. The van der Waals surface area contributed by atoms with Crippen molar-refractivity contribution in [2.45, 2.75) is 45.6 Å². The summed E-state index contributed by atoms with van der Waals surface area (Å²) in [5.74, 6) is -0.163.